The minimum Gasteiger partial charge on any atom is -2.00 e. The molecule has 0 spiro atoms. The van der Waals surface area contributed by atoms with Crippen LogP contribution in [0, 0.1) is 0 Å². The molecule has 0 aromatic rings. The van der Waals surface area contributed by atoms with E-state index >= 15 is 0 Å². The van der Waals surface area contributed by atoms with E-state index in [2.05, 4.69) is 0 Å². The molecule has 7 heteroatoms. The van der Waals surface area contributed by atoms with Crippen LogP contribution in [0.5, 0.6) is 0 Å². The predicted octanol–water partition coefficient (Wildman–Crippen LogP) is -3.85. The van der Waals surface area contributed by atoms with Gasteiger partial charge in [-0.05, 0) is 0 Å². The summed E-state index contributed by atoms with van der Waals surface area (Å²) in [6.45, 7) is 0. The Balaban J connectivity index is 0. The summed E-state index contributed by atoms with van der Waals surface area (Å²) in [5.41, 5.74) is 0. The van der Waals surface area contributed by atoms with Gasteiger partial charge in [-0.2, -0.15) is 0 Å². The molecule has 0 atom stereocenters. The molecule has 0 aromatic heterocycles. The minimum atomic E-state index is 0. The summed E-state index contributed by atoms with van der Waals surface area (Å²) < 4.78 is 0. The molecule has 0 heterocycles. The molecule has 0 unspecified atom stereocenters. The van der Waals surface area contributed by atoms with E-state index in [1.807, 2.05) is 0 Å². The first-order valence-corrected chi connectivity index (χ1v) is 0. The van der Waals surface area contributed by atoms with Gasteiger partial charge in [-0.1, -0.05) is 0 Å². The summed E-state index contributed by atoms with van der Waals surface area (Å²) >= 11 is 0. The largest absolute Gasteiger partial charge is 2.00 e. The van der Waals surface area contributed by atoms with Crippen molar-refractivity contribution in [3.63, 3.8) is 0 Å². The van der Waals surface area contributed by atoms with Crippen molar-refractivity contribution in [1.29, 1.82) is 0 Å². The van der Waals surface area contributed by atoms with Crippen LogP contribution in [0.4, 0.5) is 0 Å². The van der Waals surface area contributed by atoms with Gasteiger partial charge in [0.2, 0.25) is 0 Å². The second kappa shape index (κ2) is 133. The summed E-state index contributed by atoms with van der Waals surface area (Å²) in [7, 11) is 0. The van der Waals surface area contributed by atoms with Gasteiger partial charge in [-0.15, -0.1) is 0 Å². The Morgan fingerprint density at radius 2 is 0.571 bits per heavy atom. The zero-order valence-electron chi connectivity index (χ0n) is 3.58. The van der Waals surface area contributed by atoms with Crippen molar-refractivity contribution in [2.45, 2.75) is 0 Å². The van der Waals surface area contributed by atoms with Crippen LogP contribution in [-0.2, 0) is 40.5 Å². The van der Waals surface area contributed by atoms with Gasteiger partial charge >= 0.3 is 18.9 Å². The van der Waals surface area contributed by atoms with Crippen molar-refractivity contribution < 1.29 is 59.3 Å². The maximum absolute atomic E-state index is 0. The molecule has 0 amide bonds. The molecule has 0 aliphatic rings. The third-order valence-corrected chi connectivity index (χ3v) is 0. The van der Waals surface area contributed by atoms with Crippen LogP contribution in [0.1, 0.15) is 0 Å². The van der Waals surface area contributed by atoms with Gasteiger partial charge in [-0.3, -0.25) is 0 Å². The van der Waals surface area contributed by atoms with Gasteiger partial charge in [0, 0.05) is 36.2 Å². The Morgan fingerprint density at radius 1 is 0.571 bits per heavy atom. The average molecular weight is 194 g/mol. The Bertz CT molecular complexity index is 11.7. The molecule has 0 aromatic carbocycles. The van der Waals surface area contributed by atoms with Crippen molar-refractivity contribution in [3.8, 4) is 0 Å². The smallest absolute Gasteiger partial charge is 1.00 e. The standard InChI is InChI=1S/Ge.Li.4O.V/q;+1;4*-2;. The van der Waals surface area contributed by atoms with Gasteiger partial charge < -0.3 is 21.9 Å². The predicted molar refractivity (Wildman–Crippen MR) is 8.50 cm³/mol. The van der Waals surface area contributed by atoms with Crippen LogP contribution >= 0.6 is 0 Å². The van der Waals surface area contributed by atoms with Gasteiger partial charge in [0.1, 0.15) is 0 Å². The first kappa shape index (κ1) is 200. The molecule has 41 valence electrons. The second-order valence-corrected chi connectivity index (χ2v) is 0. The maximum atomic E-state index is 0. The van der Waals surface area contributed by atoms with Crippen LogP contribution in [0.15, 0.2) is 0 Å². The van der Waals surface area contributed by atoms with E-state index in [4.69, 9.17) is 0 Å². The first-order chi connectivity index (χ1) is 0. The zero-order valence-corrected chi connectivity index (χ0v) is 7.07. The normalized spacial score (nSPS) is 0. The van der Waals surface area contributed by atoms with Crippen molar-refractivity contribution in [1.82, 2.24) is 0 Å². The number of hydrogen-bond acceptors (Lipinski definition) is 0. The monoisotopic (exact) mass is 196 g/mol. The summed E-state index contributed by atoms with van der Waals surface area (Å²) in [5, 5.41) is 0. The van der Waals surface area contributed by atoms with E-state index in [9.17, 15) is 0 Å². The van der Waals surface area contributed by atoms with Crippen molar-refractivity contribution in [3.05, 3.63) is 0 Å². The topological polar surface area (TPSA) is 114 Å². The third kappa shape index (κ3) is 95.7. The van der Waals surface area contributed by atoms with Crippen LogP contribution in [-0.4, -0.2) is 17.6 Å². The fourth-order valence-electron chi connectivity index (χ4n) is 0. The van der Waals surface area contributed by atoms with Gasteiger partial charge in [0.05, 0.1) is 0 Å². The molecule has 7 heavy (non-hydrogen) atoms. The quantitative estimate of drug-likeness (QED) is 0.351. The molecule has 0 saturated carbocycles. The van der Waals surface area contributed by atoms with Gasteiger partial charge in [0.25, 0.3) is 0 Å². The SMILES string of the molecule is [Ge].[Li+].[O-2].[O-2].[O-2].[O-2].[V]. The molecule has 5 radical (unpaired) electrons. The molecule has 0 saturated heterocycles. The second-order valence-electron chi connectivity index (χ2n) is 0. The van der Waals surface area contributed by atoms with E-state index < -0.39 is 0 Å². The molecule has 0 bridgehead atoms. The van der Waals surface area contributed by atoms with Crippen molar-refractivity contribution in [2.24, 2.45) is 0 Å². The van der Waals surface area contributed by atoms with E-state index in [0.29, 0.717) is 0 Å². The number of rotatable bonds is 0. The zero-order chi connectivity index (χ0) is 0. The summed E-state index contributed by atoms with van der Waals surface area (Å²) in [6.07, 6.45) is 0. The summed E-state index contributed by atoms with van der Waals surface area (Å²) in [5.74, 6) is 0. The van der Waals surface area contributed by atoms with E-state index in [0.717, 1.165) is 0 Å². The van der Waals surface area contributed by atoms with Crippen LogP contribution < -0.4 is 18.9 Å². The Kier molecular flexibility index (Phi) is 3810. The maximum Gasteiger partial charge on any atom is 1.00 e. The fourth-order valence-corrected chi connectivity index (χ4v) is 0. The fraction of sp³-hybridized carbons (Fsp3) is 0. The van der Waals surface area contributed by atoms with Crippen LogP contribution in [0.25, 0.3) is 0 Å². The molecule has 4 nitrogen and oxygen atoms in total. The molecule has 0 aliphatic heterocycles. The molecule has 0 aliphatic carbocycles. The molecule has 0 fully saturated rings. The molecule has 0 rings (SSSR count). The van der Waals surface area contributed by atoms with Crippen molar-refractivity contribution in [2.75, 3.05) is 0 Å². The van der Waals surface area contributed by atoms with E-state index in [-0.39, 0.29) is 76.9 Å². The first-order valence-electron chi connectivity index (χ1n) is 0. The number of hydrogen-bond donors (Lipinski definition) is 0. The minimum absolute atomic E-state index is 0. The van der Waals surface area contributed by atoms with Crippen LogP contribution in [0.2, 0.25) is 0 Å². The molecule has 0 N–H and O–H groups in total. The average Bonchev–Trinajstić information content (AvgIpc) is 0. The van der Waals surface area contributed by atoms with Gasteiger partial charge in [0.15, 0.2) is 0 Å². The summed E-state index contributed by atoms with van der Waals surface area (Å²) in [6, 6.07) is 0. The molecular formula is GeLiO4V-7. The van der Waals surface area contributed by atoms with E-state index in [1.54, 1.807) is 0 Å². The van der Waals surface area contributed by atoms with Crippen LogP contribution in [0.3, 0.4) is 0 Å². The Labute approximate surface area is 76.7 Å². The summed E-state index contributed by atoms with van der Waals surface area (Å²) in [4.78, 5) is 0. The third-order valence-electron chi connectivity index (χ3n) is 0. The Morgan fingerprint density at radius 3 is 0.571 bits per heavy atom. The Hall–Kier alpha value is 1.56. The van der Waals surface area contributed by atoms with Crippen molar-refractivity contribution >= 4 is 17.6 Å². The van der Waals surface area contributed by atoms with Gasteiger partial charge in [-0.25, -0.2) is 0 Å². The van der Waals surface area contributed by atoms with E-state index in [1.165, 1.54) is 0 Å². The molecular weight excluding hydrogens is 194 g/mol.